The third-order valence-corrected chi connectivity index (χ3v) is 2.88. The Balaban J connectivity index is 2.22. The number of aryl methyl sites for hydroxylation is 1. The predicted octanol–water partition coefficient (Wildman–Crippen LogP) is 0.859. The van der Waals surface area contributed by atoms with Crippen molar-refractivity contribution in [3.63, 3.8) is 0 Å². The second-order valence-electron chi connectivity index (χ2n) is 3.82. The molecular formula is C10H12BrFN6. The summed E-state index contributed by atoms with van der Waals surface area (Å²) in [5.41, 5.74) is 3.35. The molecule has 1 unspecified atom stereocenters. The van der Waals surface area contributed by atoms with Crippen molar-refractivity contribution < 1.29 is 4.39 Å². The van der Waals surface area contributed by atoms with E-state index in [9.17, 15) is 4.39 Å². The van der Waals surface area contributed by atoms with Gasteiger partial charge < -0.3 is 0 Å². The van der Waals surface area contributed by atoms with E-state index in [0.717, 1.165) is 5.56 Å². The van der Waals surface area contributed by atoms with Crippen LogP contribution in [0.4, 0.5) is 4.39 Å². The first kappa shape index (κ1) is 13.1. The Morgan fingerprint density at radius 2 is 2.28 bits per heavy atom. The number of nitrogens with zero attached hydrogens (tertiary/aromatic N) is 4. The van der Waals surface area contributed by atoms with Crippen molar-refractivity contribution in [1.29, 1.82) is 0 Å². The molecule has 6 nitrogen and oxygen atoms in total. The third-order valence-electron chi connectivity index (χ3n) is 2.42. The maximum Gasteiger partial charge on any atom is 0.176 e. The van der Waals surface area contributed by atoms with Crippen LogP contribution in [-0.2, 0) is 13.5 Å². The SMILES string of the molecule is Cn1nnc(CC(NN)c2cc(F)cc(Br)c2)n1. The van der Waals surface area contributed by atoms with Crippen LogP contribution in [0.3, 0.4) is 0 Å². The lowest BCUT2D eigenvalue weighted by Gasteiger charge is -2.14. The molecule has 0 radical (unpaired) electrons. The fraction of sp³-hybridized carbons (Fsp3) is 0.300. The van der Waals surface area contributed by atoms with Crippen molar-refractivity contribution in [1.82, 2.24) is 25.6 Å². The van der Waals surface area contributed by atoms with Crippen LogP contribution < -0.4 is 11.3 Å². The van der Waals surface area contributed by atoms with Crippen molar-refractivity contribution in [2.45, 2.75) is 12.5 Å². The van der Waals surface area contributed by atoms with E-state index in [0.29, 0.717) is 16.7 Å². The normalized spacial score (nSPS) is 12.7. The molecule has 1 atom stereocenters. The van der Waals surface area contributed by atoms with Crippen molar-refractivity contribution in [2.24, 2.45) is 12.9 Å². The lowest BCUT2D eigenvalue weighted by Crippen LogP contribution is -2.30. The maximum atomic E-state index is 13.3. The van der Waals surface area contributed by atoms with Crippen LogP contribution in [0.25, 0.3) is 0 Å². The summed E-state index contributed by atoms with van der Waals surface area (Å²) in [5.74, 6) is 5.70. The molecule has 1 heterocycles. The minimum Gasteiger partial charge on any atom is -0.271 e. The van der Waals surface area contributed by atoms with Gasteiger partial charge in [0.2, 0.25) is 0 Å². The Morgan fingerprint density at radius 1 is 1.50 bits per heavy atom. The van der Waals surface area contributed by atoms with Gasteiger partial charge in [-0.05, 0) is 29.0 Å². The lowest BCUT2D eigenvalue weighted by atomic mass is 10.0. The molecular weight excluding hydrogens is 303 g/mol. The molecule has 0 spiro atoms. The molecule has 0 fully saturated rings. The fourth-order valence-corrected chi connectivity index (χ4v) is 2.12. The summed E-state index contributed by atoms with van der Waals surface area (Å²) in [6.45, 7) is 0. The van der Waals surface area contributed by atoms with Crippen molar-refractivity contribution in [3.8, 4) is 0 Å². The average molecular weight is 315 g/mol. The van der Waals surface area contributed by atoms with E-state index in [1.165, 1.54) is 16.9 Å². The van der Waals surface area contributed by atoms with Crippen molar-refractivity contribution >= 4 is 15.9 Å². The maximum absolute atomic E-state index is 13.3. The number of hydrogen-bond acceptors (Lipinski definition) is 5. The molecule has 3 N–H and O–H groups in total. The molecule has 2 aromatic rings. The zero-order valence-electron chi connectivity index (χ0n) is 9.64. The Morgan fingerprint density at radius 3 is 2.83 bits per heavy atom. The van der Waals surface area contributed by atoms with E-state index >= 15 is 0 Å². The van der Waals surface area contributed by atoms with Crippen LogP contribution >= 0.6 is 15.9 Å². The number of nitrogens with two attached hydrogens (primary N) is 1. The molecule has 8 heteroatoms. The van der Waals surface area contributed by atoms with E-state index in [1.54, 1.807) is 13.1 Å². The second-order valence-corrected chi connectivity index (χ2v) is 4.74. The molecule has 0 bridgehead atoms. The highest BCUT2D eigenvalue weighted by atomic mass is 79.9. The van der Waals surface area contributed by atoms with Crippen LogP contribution in [0.5, 0.6) is 0 Å². The zero-order chi connectivity index (χ0) is 13.1. The quantitative estimate of drug-likeness (QED) is 0.646. The van der Waals surface area contributed by atoms with E-state index < -0.39 is 0 Å². The number of rotatable bonds is 4. The van der Waals surface area contributed by atoms with Gasteiger partial charge in [-0.2, -0.15) is 4.80 Å². The van der Waals surface area contributed by atoms with Crippen molar-refractivity contribution in [3.05, 3.63) is 39.9 Å². The summed E-state index contributed by atoms with van der Waals surface area (Å²) < 4.78 is 14.0. The van der Waals surface area contributed by atoms with Gasteiger partial charge in [-0.25, -0.2) is 4.39 Å². The predicted molar refractivity (Wildman–Crippen MR) is 66.7 cm³/mol. The topological polar surface area (TPSA) is 81.7 Å². The number of hydrogen-bond donors (Lipinski definition) is 2. The number of nitrogens with one attached hydrogen (secondary N) is 1. The van der Waals surface area contributed by atoms with E-state index in [1.807, 2.05) is 0 Å². The summed E-state index contributed by atoms with van der Waals surface area (Å²) in [6.07, 6.45) is 0.431. The Hall–Kier alpha value is -1.38. The van der Waals surface area contributed by atoms with E-state index in [4.69, 9.17) is 5.84 Å². The van der Waals surface area contributed by atoms with Gasteiger partial charge >= 0.3 is 0 Å². The summed E-state index contributed by atoms with van der Waals surface area (Å²) in [4.78, 5) is 1.37. The largest absolute Gasteiger partial charge is 0.271 e. The first-order valence-corrected chi connectivity index (χ1v) is 6.03. The number of benzene rings is 1. The van der Waals surface area contributed by atoms with Crippen LogP contribution in [0, 0.1) is 5.82 Å². The first-order chi connectivity index (χ1) is 8.58. The van der Waals surface area contributed by atoms with Crippen LogP contribution in [0.2, 0.25) is 0 Å². The highest BCUT2D eigenvalue weighted by molar-refractivity contribution is 9.10. The molecule has 1 aromatic carbocycles. The van der Waals surface area contributed by atoms with Crippen molar-refractivity contribution in [2.75, 3.05) is 0 Å². The number of halogens is 2. The average Bonchev–Trinajstić information content (AvgIpc) is 2.70. The summed E-state index contributed by atoms with van der Waals surface area (Å²) in [7, 11) is 1.68. The highest BCUT2D eigenvalue weighted by Gasteiger charge is 2.15. The van der Waals surface area contributed by atoms with E-state index in [-0.39, 0.29) is 11.9 Å². The first-order valence-electron chi connectivity index (χ1n) is 5.23. The molecule has 96 valence electrons. The van der Waals surface area contributed by atoms with Gasteiger partial charge in [0.15, 0.2) is 5.82 Å². The van der Waals surface area contributed by atoms with Gasteiger partial charge in [-0.1, -0.05) is 15.9 Å². The van der Waals surface area contributed by atoms with Gasteiger partial charge in [0.25, 0.3) is 0 Å². The third kappa shape index (κ3) is 3.09. The molecule has 0 saturated heterocycles. The smallest absolute Gasteiger partial charge is 0.176 e. The van der Waals surface area contributed by atoms with Gasteiger partial charge in [-0.3, -0.25) is 11.3 Å². The number of tetrazole rings is 1. The number of hydrazine groups is 1. The minimum atomic E-state index is -0.327. The standard InChI is InChI=1S/C10H12BrFN6/c1-18-16-10(15-17-18)5-9(14-13)6-2-7(11)4-8(12)3-6/h2-4,9,14H,5,13H2,1H3. The molecule has 2 rings (SSSR count). The van der Waals surface area contributed by atoms with Crippen LogP contribution in [-0.4, -0.2) is 20.2 Å². The highest BCUT2D eigenvalue weighted by Crippen LogP contribution is 2.21. The summed E-state index contributed by atoms with van der Waals surface area (Å²) in [5, 5.41) is 11.7. The van der Waals surface area contributed by atoms with E-state index in [2.05, 4.69) is 36.8 Å². The zero-order valence-corrected chi connectivity index (χ0v) is 11.2. The molecule has 0 aliphatic carbocycles. The van der Waals surface area contributed by atoms with Gasteiger partial charge in [0.1, 0.15) is 5.82 Å². The fourth-order valence-electron chi connectivity index (χ4n) is 1.64. The van der Waals surface area contributed by atoms with Gasteiger partial charge in [-0.15, -0.1) is 10.2 Å². The summed E-state index contributed by atoms with van der Waals surface area (Å²) >= 11 is 3.24. The van der Waals surface area contributed by atoms with Gasteiger partial charge in [0, 0.05) is 10.9 Å². The van der Waals surface area contributed by atoms with Crippen LogP contribution in [0.15, 0.2) is 22.7 Å². The monoisotopic (exact) mass is 314 g/mol. The molecule has 18 heavy (non-hydrogen) atoms. The lowest BCUT2D eigenvalue weighted by molar-refractivity contribution is 0.530. The summed E-state index contributed by atoms with van der Waals surface area (Å²) in [6, 6.07) is 4.33. The molecule has 0 aliphatic heterocycles. The Bertz CT molecular complexity index is 523. The Kier molecular flexibility index (Phi) is 4.00. The number of aromatic nitrogens is 4. The van der Waals surface area contributed by atoms with Gasteiger partial charge in [0.05, 0.1) is 13.1 Å². The van der Waals surface area contributed by atoms with Crippen LogP contribution in [0.1, 0.15) is 17.4 Å². The Labute approximate surface area is 111 Å². The molecule has 0 amide bonds. The second kappa shape index (κ2) is 5.51. The molecule has 0 aliphatic rings. The molecule has 1 aromatic heterocycles. The minimum absolute atomic E-state index is 0.277. The molecule has 0 saturated carbocycles.